The van der Waals surface area contributed by atoms with Gasteiger partial charge in [0.2, 0.25) is 5.91 Å². The Morgan fingerprint density at radius 3 is 2.29 bits per heavy atom. The molecule has 0 aliphatic carbocycles. The van der Waals surface area contributed by atoms with Gasteiger partial charge >= 0.3 is 12.1 Å². The summed E-state index contributed by atoms with van der Waals surface area (Å²) in [5, 5.41) is 5.39. The number of nitrogens with two attached hydrogens (primary N) is 1. The number of esters is 1. The van der Waals surface area contributed by atoms with Gasteiger partial charge in [0.1, 0.15) is 12.6 Å². The molecule has 8 nitrogen and oxygen atoms in total. The number of nitrogens with one attached hydrogen (secondary N) is 2. The van der Waals surface area contributed by atoms with Crippen LogP contribution in [0.5, 0.6) is 0 Å². The quantitative estimate of drug-likeness (QED) is 0.324. The van der Waals surface area contributed by atoms with Gasteiger partial charge in [0.15, 0.2) is 0 Å². The van der Waals surface area contributed by atoms with Crippen LogP contribution >= 0.6 is 0 Å². The molecule has 1 aromatic rings. The van der Waals surface area contributed by atoms with Crippen molar-refractivity contribution >= 4 is 18.0 Å². The lowest BCUT2D eigenvalue weighted by molar-refractivity contribution is -0.149. The fourth-order valence-electron chi connectivity index (χ4n) is 2.61. The smallest absolute Gasteiger partial charge is 0.407 e. The number of rotatable bonds is 13. The van der Waals surface area contributed by atoms with Crippen LogP contribution in [-0.2, 0) is 25.7 Å². The molecule has 174 valence electrons. The summed E-state index contributed by atoms with van der Waals surface area (Å²) >= 11 is 0. The van der Waals surface area contributed by atoms with E-state index in [4.69, 9.17) is 15.2 Å². The zero-order valence-corrected chi connectivity index (χ0v) is 19.1. The van der Waals surface area contributed by atoms with Gasteiger partial charge in [-0.25, -0.2) is 9.59 Å². The normalized spacial score (nSPS) is 12.9. The number of carbonyl (C=O) groups is 3. The minimum atomic E-state index is -0.763. The van der Waals surface area contributed by atoms with Crippen LogP contribution in [0.25, 0.3) is 0 Å². The Morgan fingerprint density at radius 1 is 1.00 bits per heavy atom. The lowest BCUT2D eigenvalue weighted by Crippen LogP contribution is -2.50. The van der Waals surface area contributed by atoms with E-state index in [2.05, 4.69) is 10.6 Å². The van der Waals surface area contributed by atoms with Crippen molar-refractivity contribution < 1.29 is 23.9 Å². The maximum Gasteiger partial charge on any atom is 0.407 e. The van der Waals surface area contributed by atoms with Crippen molar-refractivity contribution in [1.29, 1.82) is 0 Å². The predicted octanol–water partition coefficient (Wildman–Crippen LogP) is 2.75. The second-order valence-electron chi connectivity index (χ2n) is 8.34. The Balaban J connectivity index is 2.40. The van der Waals surface area contributed by atoms with Gasteiger partial charge in [-0.15, -0.1) is 0 Å². The van der Waals surface area contributed by atoms with Gasteiger partial charge in [-0.2, -0.15) is 0 Å². The van der Waals surface area contributed by atoms with Crippen molar-refractivity contribution in [2.75, 3.05) is 13.2 Å². The fourth-order valence-corrected chi connectivity index (χ4v) is 2.61. The topological polar surface area (TPSA) is 120 Å². The Morgan fingerprint density at radius 2 is 1.68 bits per heavy atom. The largest absolute Gasteiger partial charge is 0.464 e. The first kappa shape index (κ1) is 26.4. The molecule has 8 heteroatoms. The molecule has 0 heterocycles. The first-order chi connectivity index (χ1) is 14.7. The summed E-state index contributed by atoms with van der Waals surface area (Å²) in [5.74, 6) is -0.680. The molecule has 0 fully saturated rings. The summed E-state index contributed by atoms with van der Waals surface area (Å²) in [7, 11) is 0. The summed E-state index contributed by atoms with van der Waals surface area (Å²) in [6, 6.07) is 7.96. The van der Waals surface area contributed by atoms with Crippen molar-refractivity contribution in [1.82, 2.24) is 10.6 Å². The van der Waals surface area contributed by atoms with Crippen LogP contribution in [0.1, 0.15) is 52.5 Å². The molecule has 4 N–H and O–H groups in total. The Kier molecular flexibility index (Phi) is 12.3. The van der Waals surface area contributed by atoms with Crippen LogP contribution in [0.2, 0.25) is 0 Å². The Hall–Kier alpha value is -2.61. The van der Waals surface area contributed by atoms with Gasteiger partial charge in [0.05, 0.1) is 12.6 Å². The highest BCUT2D eigenvalue weighted by atomic mass is 16.5. The average Bonchev–Trinajstić information content (AvgIpc) is 2.74. The van der Waals surface area contributed by atoms with Crippen LogP contribution in [0.15, 0.2) is 30.3 Å². The second-order valence-corrected chi connectivity index (χ2v) is 8.34. The lowest BCUT2D eigenvalue weighted by atomic mass is 10.0. The number of hydrogen-bond donors (Lipinski definition) is 3. The molecule has 0 saturated carbocycles. The van der Waals surface area contributed by atoms with Gasteiger partial charge in [-0.1, -0.05) is 58.0 Å². The van der Waals surface area contributed by atoms with E-state index in [1.807, 2.05) is 58.0 Å². The molecule has 0 spiro atoms. The zero-order valence-electron chi connectivity index (χ0n) is 19.1. The highest BCUT2D eigenvalue weighted by molar-refractivity contribution is 5.87. The van der Waals surface area contributed by atoms with Gasteiger partial charge in [0.25, 0.3) is 0 Å². The highest BCUT2D eigenvalue weighted by Gasteiger charge is 2.26. The molecule has 2 atom stereocenters. The van der Waals surface area contributed by atoms with Gasteiger partial charge in [-0.3, -0.25) is 4.79 Å². The van der Waals surface area contributed by atoms with Crippen molar-refractivity contribution in [3.63, 3.8) is 0 Å². The molecule has 0 radical (unpaired) electrons. The number of alkyl carbamates (subject to hydrolysis) is 1. The van der Waals surface area contributed by atoms with Gasteiger partial charge in [0, 0.05) is 6.54 Å². The summed E-state index contributed by atoms with van der Waals surface area (Å²) in [6.45, 7) is 8.48. The summed E-state index contributed by atoms with van der Waals surface area (Å²) < 4.78 is 10.4. The van der Waals surface area contributed by atoms with Crippen LogP contribution in [0, 0.1) is 11.8 Å². The van der Waals surface area contributed by atoms with E-state index in [-0.39, 0.29) is 31.0 Å². The third kappa shape index (κ3) is 11.4. The third-order valence-corrected chi connectivity index (χ3v) is 4.58. The third-order valence-electron chi connectivity index (χ3n) is 4.58. The number of amides is 2. The van der Waals surface area contributed by atoms with Crippen LogP contribution in [0.3, 0.4) is 0 Å². The molecule has 0 saturated heterocycles. The van der Waals surface area contributed by atoms with Crippen LogP contribution < -0.4 is 16.4 Å². The van der Waals surface area contributed by atoms with E-state index < -0.39 is 24.1 Å². The molecule has 1 aromatic carbocycles. The monoisotopic (exact) mass is 435 g/mol. The van der Waals surface area contributed by atoms with Crippen molar-refractivity contribution in [2.24, 2.45) is 17.6 Å². The van der Waals surface area contributed by atoms with E-state index in [1.165, 1.54) is 0 Å². The highest BCUT2D eigenvalue weighted by Crippen LogP contribution is 2.07. The van der Waals surface area contributed by atoms with E-state index in [0.29, 0.717) is 25.8 Å². The minimum absolute atomic E-state index is 0.0431. The molecule has 0 unspecified atom stereocenters. The number of ether oxygens (including phenoxy) is 2. The molecule has 31 heavy (non-hydrogen) atoms. The zero-order chi connectivity index (χ0) is 23.2. The van der Waals surface area contributed by atoms with Crippen molar-refractivity contribution in [3.05, 3.63) is 35.9 Å². The van der Waals surface area contributed by atoms with Crippen molar-refractivity contribution in [2.45, 2.75) is 65.6 Å². The molecular weight excluding hydrogens is 398 g/mol. The Bertz CT molecular complexity index is 679. The maximum absolute atomic E-state index is 12.4. The van der Waals surface area contributed by atoms with E-state index >= 15 is 0 Å². The first-order valence-corrected chi connectivity index (χ1v) is 10.9. The Labute approximate surface area is 185 Å². The summed E-state index contributed by atoms with van der Waals surface area (Å²) in [4.78, 5) is 36.5. The summed E-state index contributed by atoms with van der Waals surface area (Å²) in [6.07, 6.45) is 1.14. The molecular formula is C23H37N3O5. The summed E-state index contributed by atoms with van der Waals surface area (Å²) in [5.41, 5.74) is 6.80. The fraction of sp³-hybridized carbons (Fsp3) is 0.609. The molecule has 0 aliphatic heterocycles. The van der Waals surface area contributed by atoms with E-state index in [9.17, 15) is 14.4 Å². The first-order valence-electron chi connectivity index (χ1n) is 10.9. The average molecular weight is 436 g/mol. The predicted molar refractivity (Wildman–Crippen MR) is 119 cm³/mol. The molecule has 0 aliphatic rings. The second kappa shape index (κ2) is 14.4. The standard InChI is InChI=1S/C23H37N3O5/c1-16(2)14-30-22(28)19(26-21(27)20(24)17(3)4)12-8-9-13-25-23(29)31-15-18-10-6-5-7-11-18/h5-7,10-11,16-17,19-20H,8-9,12-15,24H2,1-4H3,(H,25,29)(H,26,27)/t19-,20-/m0/s1. The molecule has 0 bridgehead atoms. The molecule has 0 aromatic heterocycles. The maximum atomic E-state index is 12.4. The van der Waals surface area contributed by atoms with Gasteiger partial charge < -0.3 is 25.8 Å². The van der Waals surface area contributed by atoms with Crippen molar-refractivity contribution in [3.8, 4) is 0 Å². The molecule has 1 rings (SSSR count). The van der Waals surface area contributed by atoms with E-state index in [0.717, 1.165) is 5.56 Å². The SMILES string of the molecule is CC(C)COC(=O)[C@H](CCCCNC(=O)OCc1ccccc1)NC(=O)[C@@H](N)C(C)C. The number of carbonyl (C=O) groups excluding carboxylic acids is 3. The van der Waals surface area contributed by atoms with Gasteiger partial charge in [-0.05, 0) is 36.7 Å². The lowest BCUT2D eigenvalue weighted by Gasteiger charge is -2.22. The minimum Gasteiger partial charge on any atom is -0.464 e. The van der Waals surface area contributed by atoms with Crippen LogP contribution in [-0.4, -0.2) is 43.2 Å². The molecule has 2 amide bonds. The van der Waals surface area contributed by atoms with Crippen LogP contribution in [0.4, 0.5) is 4.79 Å². The number of unbranched alkanes of at least 4 members (excludes halogenated alkanes) is 1. The number of hydrogen-bond acceptors (Lipinski definition) is 6. The van der Waals surface area contributed by atoms with E-state index in [1.54, 1.807) is 0 Å². The number of benzene rings is 1.